The molecule has 0 bridgehead atoms. The molecule has 0 saturated carbocycles. The van der Waals surface area contributed by atoms with Crippen molar-refractivity contribution >= 4 is 11.8 Å². The van der Waals surface area contributed by atoms with Gasteiger partial charge in [-0.3, -0.25) is 0 Å². The van der Waals surface area contributed by atoms with Crippen molar-refractivity contribution in [2.75, 3.05) is 7.05 Å². The number of rotatable bonds is 4. The van der Waals surface area contributed by atoms with E-state index in [0.29, 0.717) is 4.90 Å². The Morgan fingerprint density at radius 1 is 1.27 bits per heavy atom. The lowest BCUT2D eigenvalue weighted by atomic mass is 10.3. The van der Waals surface area contributed by atoms with Gasteiger partial charge in [-0.15, -0.1) is 11.8 Å². The van der Waals surface area contributed by atoms with E-state index in [1.54, 1.807) is 0 Å². The molecule has 1 N–H and O–H groups in total. The highest BCUT2D eigenvalue weighted by Gasteiger charge is 2.14. The number of hydrogen-bond donors (Lipinski definition) is 1. The number of nitrogens with one attached hydrogen (secondary N) is 1. The molecule has 4 heteroatoms. The Balaban J connectivity index is 2.72. The summed E-state index contributed by atoms with van der Waals surface area (Å²) < 4.78 is 25.9. The molecule has 0 aliphatic heterocycles. The average molecular weight is 231 g/mol. The second kappa shape index (κ2) is 5.47. The van der Waals surface area contributed by atoms with Crippen LogP contribution in [0.25, 0.3) is 0 Å². The van der Waals surface area contributed by atoms with Crippen molar-refractivity contribution in [2.45, 2.75) is 30.0 Å². The first-order chi connectivity index (χ1) is 7.04. The molecular formula is C11H15F2NS. The second-order valence-electron chi connectivity index (χ2n) is 3.48. The van der Waals surface area contributed by atoms with E-state index in [1.807, 2.05) is 20.9 Å². The second-order valence-corrected chi connectivity index (χ2v) is 4.89. The third-order valence-electron chi connectivity index (χ3n) is 2.37. The van der Waals surface area contributed by atoms with Crippen LogP contribution >= 0.6 is 11.8 Å². The van der Waals surface area contributed by atoms with E-state index in [9.17, 15) is 8.78 Å². The largest absolute Gasteiger partial charge is 0.316 e. The number of halogens is 2. The van der Waals surface area contributed by atoms with Gasteiger partial charge in [0.15, 0.2) is 0 Å². The van der Waals surface area contributed by atoms with Gasteiger partial charge < -0.3 is 5.32 Å². The zero-order chi connectivity index (χ0) is 11.4. The number of benzene rings is 1. The molecule has 0 fully saturated rings. The van der Waals surface area contributed by atoms with E-state index < -0.39 is 11.6 Å². The van der Waals surface area contributed by atoms with E-state index in [2.05, 4.69) is 5.32 Å². The minimum Gasteiger partial charge on any atom is -0.316 e. The van der Waals surface area contributed by atoms with Crippen molar-refractivity contribution in [3.63, 3.8) is 0 Å². The van der Waals surface area contributed by atoms with Crippen molar-refractivity contribution in [1.82, 2.24) is 5.32 Å². The highest BCUT2D eigenvalue weighted by molar-refractivity contribution is 8.00. The average Bonchev–Trinajstić information content (AvgIpc) is 2.20. The Kier molecular flexibility index (Phi) is 4.54. The summed E-state index contributed by atoms with van der Waals surface area (Å²) in [5.41, 5.74) is 0. The van der Waals surface area contributed by atoms with Crippen LogP contribution in [0.15, 0.2) is 23.1 Å². The Hall–Kier alpha value is -0.610. The van der Waals surface area contributed by atoms with Gasteiger partial charge in [0.05, 0.1) is 0 Å². The maximum absolute atomic E-state index is 13.3. The maximum Gasteiger partial charge on any atom is 0.139 e. The summed E-state index contributed by atoms with van der Waals surface area (Å²) >= 11 is 1.41. The molecule has 15 heavy (non-hydrogen) atoms. The Morgan fingerprint density at radius 3 is 2.47 bits per heavy atom. The molecule has 0 radical (unpaired) electrons. The van der Waals surface area contributed by atoms with Gasteiger partial charge in [0.2, 0.25) is 0 Å². The van der Waals surface area contributed by atoms with Crippen LogP contribution in [0.2, 0.25) is 0 Å². The maximum atomic E-state index is 13.3. The van der Waals surface area contributed by atoms with Crippen LogP contribution in [0.5, 0.6) is 0 Å². The van der Waals surface area contributed by atoms with Gasteiger partial charge >= 0.3 is 0 Å². The molecule has 1 rings (SSSR count). The van der Waals surface area contributed by atoms with E-state index in [-0.39, 0.29) is 11.3 Å². The van der Waals surface area contributed by atoms with Gasteiger partial charge in [0.1, 0.15) is 11.6 Å². The van der Waals surface area contributed by atoms with Gasteiger partial charge in [0.25, 0.3) is 0 Å². The van der Waals surface area contributed by atoms with Gasteiger partial charge in [-0.05, 0) is 26.1 Å². The molecule has 0 aliphatic carbocycles. The van der Waals surface area contributed by atoms with Crippen molar-refractivity contribution in [3.05, 3.63) is 29.8 Å². The number of thioether (sulfide) groups is 1. The Labute approximate surface area is 93.3 Å². The molecule has 1 aromatic rings. The fourth-order valence-electron chi connectivity index (χ4n) is 1.11. The van der Waals surface area contributed by atoms with Crippen molar-refractivity contribution < 1.29 is 8.78 Å². The van der Waals surface area contributed by atoms with E-state index in [1.165, 1.54) is 23.9 Å². The summed E-state index contributed by atoms with van der Waals surface area (Å²) in [7, 11) is 1.86. The normalized spacial score (nSPS) is 15.0. The SMILES string of the molecule is CNC(C)C(C)Sc1ccc(F)cc1F. The minimum atomic E-state index is -0.536. The standard InChI is InChI=1S/C11H15F2NS/c1-7(14-3)8(2)15-11-5-4-9(12)6-10(11)13/h4-8,14H,1-3H3. The van der Waals surface area contributed by atoms with Gasteiger partial charge in [0, 0.05) is 22.3 Å². The quantitative estimate of drug-likeness (QED) is 0.799. The first-order valence-corrected chi connectivity index (χ1v) is 5.71. The van der Waals surface area contributed by atoms with E-state index >= 15 is 0 Å². The monoisotopic (exact) mass is 231 g/mol. The molecule has 2 unspecified atom stereocenters. The van der Waals surface area contributed by atoms with E-state index in [0.717, 1.165) is 6.07 Å². The van der Waals surface area contributed by atoms with E-state index in [4.69, 9.17) is 0 Å². The molecular weight excluding hydrogens is 216 g/mol. The smallest absolute Gasteiger partial charge is 0.139 e. The topological polar surface area (TPSA) is 12.0 Å². The summed E-state index contributed by atoms with van der Waals surface area (Å²) in [5, 5.41) is 3.33. The van der Waals surface area contributed by atoms with Gasteiger partial charge in [-0.2, -0.15) is 0 Å². The lowest BCUT2D eigenvalue weighted by Gasteiger charge is -2.18. The van der Waals surface area contributed by atoms with Crippen LogP contribution < -0.4 is 5.32 Å². The third kappa shape index (κ3) is 3.47. The molecule has 0 spiro atoms. The Morgan fingerprint density at radius 2 is 1.93 bits per heavy atom. The van der Waals surface area contributed by atoms with Crippen LogP contribution in [-0.4, -0.2) is 18.3 Å². The molecule has 1 nitrogen and oxygen atoms in total. The number of hydrogen-bond acceptors (Lipinski definition) is 2. The lowest BCUT2D eigenvalue weighted by Crippen LogP contribution is -2.30. The third-order valence-corrected chi connectivity index (χ3v) is 3.73. The molecule has 0 aliphatic rings. The molecule has 0 aromatic heterocycles. The zero-order valence-corrected chi connectivity index (χ0v) is 9.87. The summed E-state index contributed by atoms with van der Waals surface area (Å²) in [6, 6.07) is 3.95. The van der Waals surface area contributed by atoms with Crippen molar-refractivity contribution in [2.24, 2.45) is 0 Å². The fourth-order valence-corrected chi connectivity index (χ4v) is 2.17. The highest BCUT2D eigenvalue weighted by atomic mass is 32.2. The zero-order valence-electron chi connectivity index (χ0n) is 9.05. The van der Waals surface area contributed by atoms with Crippen LogP contribution in [0.3, 0.4) is 0 Å². The summed E-state index contributed by atoms with van der Waals surface area (Å²) in [5.74, 6) is -1.03. The Bertz CT molecular complexity index is 330. The van der Waals surface area contributed by atoms with Crippen LogP contribution in [-0.2, 0) is 0 Å². The molecule has 84 valence electrons. The predicted octanol–water partition coefficient (Wildman–Crippen LogP) is 3.05. The first-order valence-electron chi connectivity index (χ1n) is 4.83. The molecule has 0 heterocycles. The van der Waals surface area contributed by atoms with Gasteiger partial charge in [-0.25, -0.2) is 8.78 Å². The summed E-state index contributed by atoms with van der Waals surface area (Å²) in [6.45, 7) is 4.04. The minimum absolute atomic E-state index is 0.231. The van der Waals surface area contributed by atoms with Crippen LogP contribution in [0.1, 0.15) is 13.8 Å². The van der Waals surface area contributed by atoms with Crippen LogP contribution in [0.4, 0.5) is 8.78 Å². The molecule has 0 saturated heterocycles. The van der Waals surface area contributed by atoms with Crippen LogP contribution in [0, 0.1) is 11.6 Å². The fraction of sp³-hybridized carbons (Fsp3) is 0.455. The van der Waals surface area contributed by atoms with Crippen molar-refractivity contribution in [3.8, 4) is 0 Å². The molecule has 0 amide bonds. The first kappa shape index (κ1) is 12.5. The highest BCUT2D eigenvalue weighted by Crippen LogP contribution is 2.27. The summed E-state index contributed by atoms with van der Waals surface area (Å²) in [6.07, 6.45) is 0. The van der Waals surface area contributed by atoms with Gasteiger partial charge in [-0.1, -0.05) is 6.92 Å². The molecule has 1 aromatic carbocycles. The molecule has 2 atom stereocenters. The van der Waals surface area contributed by atoms with Crippen molar-refractivity contribution in [1.29, 1.82) is 0 Å². The predicted molar refractivity (Wildman–Crippen MR) is 60.2 cm³/mol. The lowest BCUT2D eigenvalue weighted by molar-refractivity contribution is 0.563. The summed E-state index contributed by atoms with van der Waals surface area (Å²) in [4.78, 5) is 0.492.